The smallest absolute Gasteiger partial charge is 0.354 e. The molecular formula is C16H14F5N3O2S. The van der Waals surface area contributed by atoms with Crippen LogP contribution in [0.5, 0.6) is 0 Å². The minimum atomic E-state index is -4.52. The van der Waals surface area contributed by atoms with E-state index in [0.717, 1.165) is 34.8 Å². The number of rotatable bonds is 3. The minimum absolute atomic E-state index is 0.0600. The monoisotopic (exact) mass is 407 g/mol. The van der Waals surface area contributed by atoms with Gasteiger partial charge in [-0.1, -0.05) is 0 Å². The Morgan fingerprint density at radius 1 is 0.963 bits per heavy atom. The van der Waals surface area contributed by atoms with E-state index in [-0.39, 0.29) is 32.0 Å². The summed E-state index contributed by atoms with van der Waals surface area (Å²) in [6, 6.07) is 3.87. The number of piperazine rings is 1. The molecule has 11 heteroatoms. The number of aromatic nitrogens is 1. The molecule has 1 aliphatic heterocycles. The molecule has 2 aromatic rings. The van der Waals surface area contributed by atoms with Crippen LogP contribution >= 0.6 is 0 Å². The van der Waals surface area contributed by atoms with E-state index in [1.165, 1.54) is 4.90 Å². The van der Waals surface area contributed by atoms with E-state index in [0.29, 0.717) is 6.07 Å². The summed E-state index contributed by atoms with van der Waals surface area (Å²) in [6.45, 7) is -0.0820. The first-order valence-corrected chi connectivity index (χ1v) is 9.26. The molecule has 1 aromatic heterocycles. The normalized spacial score (nSPS) is 16.6. The molecule has 0 bridgehead atoms. The van der Waals surface area contributed by atoms with E-state index < -0.39 is 38.3 Å². The highest BCUT2D eigenvalue weighted by Crippen LogP contribution is 2.31. The quantitative estimate of drug-likeness (QED) is 0.735. The second-order valence-electron chi connectivity index (χ2n) is 5.87. The molecule has 0 amide bonds. The average Bonchev–Trinajstić information content (AvgIpc) is 2.63. The second kappa shape index (κ2) is 7.04. The van der Waals surface area contributed by atoms with Crippen LogP contribution in [0.1, 0.15) is 5.56 Å². The lowest BCUT2D eigenvalue weighted by atomic mass is 10.2. The second-order valence-corrected chi connectivity index (χ2v) is 7.77. The molecular weight excluding hydrogens is 393 g/mol. The van der Waals surface area contributed by atoms with Crippen LogP contribution in [0.25, 0.3) is 0 Å². The molecule has 0 aliphatic carbocycles. The van der Waals surface area contributed by atoms with Crippen molar-refractivity contribution < 1.29 is 30.4 Å². The topological polar surface area (TPSA) is 53.5 Å². The molecule has 27 heavy (non-hydrogen) atoms. The molecule has 1 aliphatic rings. The highest BCUT2D eigenvalue weighted by atomic mass is 32.2. The third-order valence-corrected chi connectivity index (χ3v) is 6.06. The molecule has 1 aromatic carbocycles. The van der Waals surface area contributed by atoms with Crippen molar-refractivity contribution >= 4 is 15.8 Å². The minimum Gasteiger partial charge on any atom is -0.354 e. The first kappa shape index (κ1) is 19.5. The predicted molar refractivity (Wildman–Crippen MR) is 86.6 cm³/mol. The maximum atomic E-state index is 13.8. The highest BCUT2D eigenvalue weighted by molar-refractivity contribution is 7.89. The van der Waals surface area contributed by atoms with Crippen LogP contribution < -0.4 is 4.90 Å². The number of anilines is 1. The number of pyridine rings is 1. The van der Waals surface area contributed by atoms with Crippen molar-refractivity contribution in [2.24, 2.45) is 0 Å². The Hall–Kier alpha value is -2.27. The number of hydrogen-bond acceptors (Lipinski definition) is 4. The van der Waals surface area contributed by atoms with Crippen LogP contribution in [0.4, 0.5) is 27.8 Å². The lowest BCUT2D eigenvalue weighted by Crippen LogP contribution is -2.49. The van der Waals surface area contributed by atoms with Crippen LogP contribution in [0.2, 0.25) is 0 Å². The Balaban J connectivity index is 1.77. The van der Waals surface area contributed by atoms with Gasteiger partial charge in [0.05, 0.1) is 5.56 Å². The molecule has 0 saturated carbocycles. The van der Waals surface area contributed by atoms with Gasteiger partial charge in [0.15, 0.2) is 0 Å². The van der Waals surface area contributed by atoms with Gasteiger partial charge in [0.1, 0.15) is 22.3 Å². The van der Waals surface area contributed by atoms with Crippen LogP contribution in [-0.2, 0) is 16.2 Å². The Morgan fingerprint density at radius 2 is 1.63 bits per heavy atom. The molecule has 2 heterocycles. The largest absolute Gasteiger partial charge is 0.416 e. The van der Waals surface area contributed by atoms with Crippen LogP contribution in [0, 0.1) is 11.6 Å². The molecule has 5 nitrogen and oxygen atoms in total. The molecule has 0 radical (unpaired) electrons. The van der Waals surface area contributed by atoms with Gasteiger partial charge in [-0.15, -0.1) is 0 Å². The summed E-state index contributed by atoms with van der Waals surface area (Å²) in [5, 5.41) is 0. The number of benzene rings is 1. The summed E-state index contributed by atoms with van der Waals surface area (Å²) >= 11 is 0. The zero-order valence-corrected chi connectivity index (χ0v) is 14.6. The summed E-state index contributed by atoms with van der Waals surface area (Å²) < 4.78 is 91.6. The molecule has 1 fully saturated rings. The van der Waals surface area contributed by atoms with E-state index in [2.05, 4.69) is 4.98 Å². The number of halogens is 5. The third-order valence-electron chi connectivity index (χ3n) is 4.15. The van der Waals surface area contributed by atoms with Crippen molar-refractivity contribution in [1.82, 2.24) is 9.29 Å². The first-order valence-electron chi connectivity index (χ1n) is 7.82. The highest BCUT2D eigenvalue weighted by Gasteiger charge is 2.33. The molecule has 1 saturated heterocycles. The fraction of sp³-hybridized carbons (Fsp3) is 0.312. The van der Waals surface area contributed by atoms with Gasteiger partial charge in [0, 0.05) is 32.4 Å². The zero-order valence-electron chi connectivity index (χ0n) is 13.7. The Kier molecular flexibility index (Phi) is 5.08. The number of nitrogens with zero attached hydrogens (tertiary/aromatic N) is 3. The molecule has 146 valence electrons. The Morgan fingerprint density at radius 3 is 2.26 bits per heavy atom. The van der Waals surface area contributed by atoms with Gasteiger partial charge >= 0.3 is 6.18 Å². The molecule has 0 atom stereocenters. The van der Waals surface area contributed by atoms with Gasteiger partial charge in [-0.05, 0) is 30.3 Å². The summed E-state index contributed by atoms with van der Waals surface area (Å²) in [4.78, 5) is 4.63. The molecule has 3 rings (SSSR count). The van der Waals surface area contributed by atoms with E-state index in [9.17, 15) is 30.4 Å². The maximum absolute atomic E-state index is 13.8. The lowest BCUT2D eigenvalue weighted by Gasteiger charge is -2.34. The fourth-order valence-electron chi connectivity index (χ4n) is 2.74. The van der Waals surface area contributed by atoms with Gasteiger partial charge in [-0.2, -0.15) is 17.5 Å². The zero-order chi connectivity index (χ0) is 19.8. The van der Waals surface area contributed by atoms with Crippen molar-refractivity contribution in [2.45, 2.75) is 11.1 Å². The van der Waals surface area contributed by atoms with Gasteiger partial charge in [0.25, 0.3) is 0 Å². The predicted octanol–water partition coefficient (Wildman–Crippen LogP) is 2.89. The van der Waals surface area contributed by atoms with Crippen molar-refractivity contribution in [1.29, 1.82) is 0 Å². The maximum Gasteiger partial charge on any atom is 0.416 e. The average molecular weight is 407 g/mol. The number of alkyl halides is 3. The van der Waals surface area contributed by atoms with E-state index >= 15 is 0 Å². The summed E-state index contributed by atoms with van der Waals surface area (Å²) in [5.41, 5.74) is -0.857. The number of hydrogen-bond donors (Lipinski definition) is 0. The van der Waals surface area contributed by atoms with Crippen LogP contribution in [-0.4, -0.2) is 43.9 Å². The summed E-state index contributed by atoms with van der Waals surface area (Å²) in [6.07, 6.45) is -3.48. The fourth-order valence-corrected chi connectivity index (χ4v) is 4.24. The summed E-state index contributed by atoms with van der Waals surface area (Å²) in [7, 11) is -4.26. The third kappa shape index (κ3) is 4.03. The van der Waals surface area contributed by atoms with Gasteiger partial charge in [-0.25, -0.2) is 22.2 Å². The number of sulfonamides is 1. The van der Waals surface area contributed by atoms with E-state index in [4.69, 9.17) is 0 Å². The van der Waals surface area contributed by atoms with Crippen LogP contribution in [0.15, 0.2) is 41.4 Å². The Labute approximate surface area is 152 Å². The summed E-state index contributed by atoms with van der Waals surface area (Å²) in [5.74, 6) is -1.89. The van der Waals surface area contributed by atoms with Gasteiger partial charge in [0.2, 0.25) is 10.0 Å². The van der Waals surface area contributed by atoms with Crippen molar-refractivity contribution in [3.63, 3.8) is 0 Å². The lowest BCUT2D eigenvalue weighted by molar-refractivity contribution is -0.137. The van der Waals surface area contributed by atoms with Crippen molar-refractivity contribution in [3.8, 4) is 0 Å². The van der Waals surface area contributed by atoms with E-state index in [1.807, 2.05) is 0 Å². The molecule has 0 unspecified atom stereocenters. The Bertz CT molecular complexity index is 941. The molecule has 0 spiro atoms. The van der Waals surface area contributed by atoms with Crippen molar-refractivity contribution in [3.05, 3.63) is 53.7 Å². The van der Waals surface area contributed by atoms with Gasteiger partial charge < -0.3 is 4.90 Å². The SMILES string of the molecule is O=S(=O)(c1cc(F)ccc1F)N1CCN(c2cc(C(F)(F)F)ccn2)CC1. The standard InChI is InChI=1S/C16H14F5N3O2S/c17-12-1-2-13(18)14(10-12)27(25,26)24-7-5-23(6-8-24)15-9-11(3-4-22-15)16(19,20)21/h1-4,9-10H,5-8H2. The van der Waals surface area contributed by atoms with Crippen LogP contribution in [0.3, 0.4) is 0 Å². The van der Waals surface area contributed by atoms with Gasteiger partial charge in [-0.3, -0.25) is 0 Å². The van der Waals surface area contributed by atoms with Crippen molar-refractivity contribution in [2.75, 3.05) is 31.1 Å². The molecule has 0 N–H and O–H groups in total. The first-order chi connectivity index (χ1) is 12.6. The van der Waals surface area contributed by atoms with E-state index in [1.54, 1.807) is 0 Å².